The van der Waals surface area contributed by atoms with Crippen molar-refractivity contribution in [2.24, 2.45) is 17.6 Å². The van der Waals surface area contributed by atoms with Crippen LogP contribution in [-0.2, 0) is 0 Å². The number of benzene rings is 1. The first-order valence-electron chi connectivity index (χ1n) is 6.14. The predicted octanol–water partition coefficient (Wildman–Crippen LogP) is 3.50. The number of hydrogen-bond donors (Lipinski definition) is 1. The third-order valence-corrected chi connectivity index (χ3v) is 5.05. The summed E-state index contributed by atoms with van der Waals surface area (Å²) in [7, 11) is 0. The first kappa shape index (κ1) is 12.0. The molecule has 3 unspecified atom stereocenters. The zero-order valence-electron chi connectivity index (χ0n) is 10.1. The molecule has 1 nitrogen and oxygen atoms in total. The lowest BCUT2D eigenvalue weighted by Crippen LogP contribution is -2.20. The van der Waals surface area contributed by atoms with Crippen LogP contribution in [-0.4, -0.2) is 12.3 Å². The molecule has 1 aliphatic heterocycles. The van der Waals surface area contributed by atoms with Gasteiger partial charge in [-0.2, -0.15) is 0 Å². The number of hydrogen-bond acceptors (Lipinski definition) is 2. The topological polar surface area (TPSA) is 26.0 Å². The van der Waals surface area contributed by atoms with Crippen LogP contribution in [0.5, 0.6) is 0 Å². The molecule has 1 aromatic rings. The van der Waals surface area contributed by atoms with Gasteiger partial charge in [0.15, 0.2) is 0 Å². The molecule has 2 heteroatoms. The molecule has 0 radical (unpaired) electrons. The molecular weight excluding hydrogens is 214 g/mol. The summed E-state index contributed by atoms with van der Waals surface area (Å²) in [5.74, 6) is 3.35. The molecular formula is C14H21NS. The van der Waals surface area contributed by atoms with Crippen molar-refractivity contribution in [2.75, 3.05) is 12.3 Å². The Bertz CT molecular complexity index is 350. The van der Waals surface area contributed by atoms with Crippen molar-refractivity contribution in [1.29, 1.82) is 0 Å². The van der Waals surface area contributed by atoms with Gasteiger partial charge in [0.2, 0.25) is 0 Å². The van der Waals surface area contributed by atoms with E-state index in [9.17, 15) is 0 Å². The molecule has 88 valence electrons. The van der Waals surface area contributed by atoms with Crippen LogP contribution in [0.4, 0.5) is 0 Å². The third-order valence-electron chi connectivity index (χ3n) is 3.80. The lowest BCUT2D eigenvalue weighted by atomic mass is 9.84. The molecule has 1 aliphatic rings. The van der Waals surface area contributed by atoms with Crippen molar-refractivity contribution in [2.45, 2.75) is 31.1 Å². The minimum atomic E-state index is 0.637. The van der Waals surface area contributed by atoms with E-state index in [2.05, 4.69) is 38.1 Å². The molecule has 0 aliphatic carbocycles. The van der Waals surface area contributed by atoms with Gasteiger partial charge >= 0.3 is 0 Å². The SMILES string of the molecule is CC(CN)C(C)CC1CSc2ccccc21. The first-order chi connectivity index (χ1) is 7.72. The van der Waals surface area contributed by atoms with Gasteiger partial charge < -0.3 is 5.73 Å². The van der Waals surface area contributed by atoms with Crippen LogP contribution in [0.15, 0.2) is 29.2 Å². The lowest BCUT2D eigenvalue weighted by molar-refractivity contribution is 0.353. The molecule has 2 rings (SSSR count). The fraction of sp³-hybridized carbons (Fsp3) is 0.571. The second-order valence-electron chi connectivity index (χ2n) is 4.97. The van der Waals surface area contributed by atoms with Gasteiger partial charge in [-0.25, -0.2) is 0 Å². The minimum Gasteiger partial charge on any atom is -0.330 e. The Hall–Kier alpha value is -0.470. The Kier molecular flexibility index (Phi) is 3.93. The Morgan fingerprint density at radius 3 is 2.81 bits per heavy atom. The molecule has 0 bridgehead atoms. The van der Waals surface area contributed by atoms with E-state index in [-0.39, 0.29) is 0 Å². The standard InChI is InChI=1S/C14H21NS/c1-10(11(2)8-15)7-12-9-16-14-6-4-3-5-13(12)14/h3-6,10-12H,7-9,15H2,1-2H3. The second-order valence-corrected chi connectivity index (χ2v) is 6.03. The Labute approximate surface area is 103 Å². The highest BCUT2D eigenvalue weighted by Crippen LogP contribution is 2.42. The summed E-state index contributed by atoms with van der Waals surface area (Å²) in [6.45, 7) is 5.41. The zero-order chi connectivity index (χ0) is 11.5. The maximum Gasteiger partial charge on any atom is 0.0107 e. The molecule has 0 aromatic heterocycles. The smallest absolute Gasteiger partial charge is 0.0107 e. The normalized spacial score (nSPS) is 22.8. The van der Waals surface area contributed by atoms with Crippen molar-refractivity contribution in [3.05, 3.63) is 29.8 Å². The number of fused-ring (bicyclic) bond motifs is 1. The molecule has 0 amide bonds. The highest BCUT2D eigenvalue weighted by atomic mass is 32.2. The van der Waals surface area contributed by atoms with E-state index >= 15 is 0 Å². The van der Waals surface area contributed by atoms with E-state index < -0.39 is 0 Å². The average Bonchev–Trinajstić information content (AvgIpc) is 2.72. The Morgan fingerprint density at radius 2 is 2.06 bits per heavy atom. The molecule has 0 saturated heterocycles. The largest absolute Gasteiger partial charge is 0.330 e. The van der Waals surface area contributed by atoms with Crippen molar-refractivity contribution >= 4 is 11.8 Å². The summed E-state index contributed by atoms with van der Waals surface area (Å²) in [5.41, 5.74) is 7.30. The molecule has 2 N–H and O–H groups in total. The van der Waals surface area contributed by atoms with Crippen molar-refractivity contribution in [3.8, 4) is 0 Å². The molecule has 3 atom stereocenters. The summed E-state index contributed by atoms with van der Waals surface area (Å²) < 4.78 is 0. The third kappa shape index (κ3) is 2.44. The zero-order valence-corrected chi connectivity index (χ0v) is 11.0. The Balaban J connectivity index is 2.03. The predicted molar refractivity (Wildman–Crippen MR) is 71.9 cm³/mol. The van der Waals surface area contributed by atoms with Gasteiger partial charge in [-0.3, -0.25) is 0 Å². The number of nitrogens with two attached hydrogens (primary N) is 1. The van der Waals surface area contributed by atoms with Gasteiger partial charge in [-0.15, -0.1) is 11.8 Å². The van der Waals surface area contributed by atoms with E-state index in [1.807, 2.05) is 11.8 Å². The maximum atomic E-state index is 5.74. The molecule has 0 spiro atoms. The Morgan fingerprint density at radius 1 is 1.31 bits per heavy atom. The van der Waals surface area contributed by atoms with E-state index in [0.717, 1.165) is 18.4 Å². The fourth-order valence-corrected chi connectivity index (χ4v) is 3.61. The van der Waals surface area contributed by atoms with Crippen LogP contribution in [0.3, 0.4) is 0 Å². The van der Waals surface area contributed by atoms with Crippen molar-refractivity contribution in [1.82, 2.24) is 0 Å². The minimum absolute atomic E-state index is 0.637. The summed E-state index contributed by atoms with van der Waals surface area (Å²) >= 11 is 2.01. The van der Waals surface area contributed by atoms with Crippen LogP contribution >= 0.6 is 11.8 Å². The summed E-state index contributed by atoms with van der Waals surface area (Å²) in [6.07, 6.45) is 1.28. The van der Waals surface area contributed by atoms with Crippen molar-refractivity contribution < 1.29 is 0 Å². The van der Waals surface area contributed by atoms with E-state index in [0.29, 0.717) is 5.92 Å². The number of rotatable bonds is 4. The summed E-state index contributed by atoms with van der Waals surface area (Å²) in [6, 6.07) is 8.84. The van der Waals surface area contributed by atoms with Gasteiger partial charge in [0.25, 0.3) is 0 Å². The molecule has 1 heterocycles. The van der Waals surface area contributed by atoms with Crippen LogP contribution in [0, 0.1) is 11.8 Å². The van der Waals surface area contributed by atoms with Crippen LogP contribution in [0.1, 0.15) is 31.7 Å². The van der Waals surface area contributed by atoms with E-state index in [4.69, 9.17) is 5.73 Å². The first-order valence-corrected chi connectivity index (χ1v) is 7.12. The van der Waals surface area contributed by atoms with Gasteiger partial charge in [-0.05, 0) is 42.3 Å². The molecule has 1 aromatic carbocycles. The molecule has 0 fully saturated rings. The van der Waals surface area contributed by atoms with E-state index in [1.54, 1.807) is 5.56 Å². The van der Waals surface area contributed by atoms with Crippen molar-refractivity contribution in [3.63, 3.8) is 0 Å². The second kappa shape index (κ2) is 5.24. The van der Waals surface area contributed by atoms with Gasteiger partial charge in [0.05, 0.1) is 0 Å². The average molecular weight is 235 g/mol. The summed E-state index contributed by atoms with van der Waals surface area (Å²) in [5, 5.41) is 0. The van der Waals surface area contributed by atoms with Crippen LogP contribution in [0.25, 0.3) is 0 Å². The maximum absolute atomic E-state index is 5.74. The lowest BCUT2D eigenvalue weighted by Gasteiger charge is -2.21. The molecule has 16 heavy (non-hydrogen) atoms. The van der Waals surface area contributed by atoms with E-state index in [1.165, 1.54) is 17.1 Å². The highest BCUT2D eigenvalue weighted by Gasteiger charge is 2.25. The quantitative estimate of drug-likeness (QED) is 0.864. The highest BCUT2D eigenvalue weighted by molar-refractivity contribution is 7.99. The monoisotopic (exact) mass is 235 g/mol. The molecule has 0 saturated carbocycles. The van der Waals surface area contributed by atoms with Gasteiger partial charge in [0.1, 0.15) is 0 Å². The van der Waals surface area contributed by atoms with Crippen LogP contribution < -0.4 is 5.73 Å². The van der Waals surface area contributed by atoms with Crippen LogP contribution in [0.2, 0.25) is 0 Å². The van der Waals surface area contributed by atoms with Gasteiger partial charge in [0, 0.05) is 10.6 Å². The number of thioether (sulfide) groups is 1. The summed E-state index contributed by atoms with van der Waals surface area (Å²) in [4.78, 5) is 1.49. The fourth-order valence-electron chi connectivity index (χ4n) is 2.34. The van der Waals surface area contributed by atoms with Gasteiger partial charge in [-0.1, -0.05) is 32.0 Å².